The average Bonchev–Trinajstić information content (AvgIpc) is 3.00. The lowest BCUT2D eigenvalue weighted by molar-refractivity contribution is -0.159. The smallest absolute Gasteiger partial charge is 0.416 e. The third kappa shape index (κ3) is 9.81. The van der Waals surface area contributed by atoms with Crippen molar-refractivity contribution in [2.75, 3.05) is 44.2 Å². The number of halogens is 3. The predicted molar refractivity (Wildman–Crippen MR) is 156 cm³/mol. The summed E-state index contributed by atoms with van der Waals surface area (Å²) < 4.78 is 40.2. The zero-order valence-corrected chi connectivity index (χ0v) is 24.8. The fourth-order valence-electron chi connectivity index (χ4n) is 5.52. The molecule has 5 N–H and O–H groups in total. The van der Waals surface area contributed by atoms with Gasteiger partial charge in [-0.05, 0) is 56.1 Å². The summed E-state index contributed by atoms with van der Waals surface area (Å²) in [5.74, 6) is -7.30. The van der Waals surface area contributed by atoms with Crippen molar-refractivity contribution in [2.45, 2.75) is 53.7 Å². The first-order chi connectivity index (χ1) is 21.2. The fourth-order valence-corrected chi connectivity index (χ4v) is 6.60. The van der Waals surface area contributed by atoms with Gasteiger partial charge >= 0.3 is 30.1 Å². The second-order valence-corrected chi connectivity index (χ2v) is 11.5. The molecule has 0 amide bonds. The molecule has 2 aromatic rings. The number of rotatable bonds is 5. The first-order valence-electron chi connectivity index (χ1n) is 14.0. The molecule has 2 atom stereocenters. The Morgan fingerprint density at radius 1 is 0.822 bits per heavy atom. The van der Waals surface area contributed by atoms with Crippen LogP contribution in [0.2, 0.25) is 0 Å². The summed E-state index contributed by atoms with van der Waals surface area (Å²) in [7, 11) is 0. The molecule has 0 spiro atoms. The topological polar surface area (TPSA) is 179 Å². The van der Waals surface area contributed by atoms with Gasteiger partial charge in [-0.2, -0.15) is 13.2 Å². The van der Waals surface area contributed by atoms with Crippen LogP contribution in [0.1, 0.15) is 31.2 Å². The first kappa shape index (κ1) is 35.6. The van der Waals surface area contributed by atoms with Crippen LogP contribution < -0.4 is 4.90 Å². The van der Waals surface area contributed by atoms with E-state index in [0.717, 1.165) is 54.5 Å². The van der Waals surface area contributed by atoms with Crippen LogP contribution >= 0.6 is 11.8 Å². The van der Waals surface area contributed by atoms with Gasteiger partial charge in [-0.3, -0.25) is 4.90 Å². The number of piperidine rings is 1. The highest BCUT2D eigenvalue weighted by Gasteiger charge is 2.35. The number of aliphatic hydroxyl groups excluding tert-OH is 1. The van der Waals surface area contributed by atoms with Crippen LogP contribution in [0.3, 0.4) is 0 Å². The number of nitrogens with zero attached hydrogens (tertiary/aromatic N) is 3. The van der Waals surface area contributed by atoms with E-state index in [0.29, 0.717) is 24.3 Å². The third-order valence-corrected chi connectivity index (χ3v) is 8.67. The first-order valence-corrected chi connectivity index (χ1v) is 14.8. The summed E-state index contributed by atoms with van der Waals surface area (Å²) in [5, 5.41) is 39.2. The third-order valence-electron chi connectivity index (χ3n) is 7.54. The minimum atomic E-state index is -4.35. The number of alkyl halides is 3. The number of fused-ring (bicyclic) bond motifs is 3. The molecule has 5 rings (SSSR count). The molecule has 0 aliphatic carbocycles. The molecule has 2 aromatic carbocycles. The molecule has 3 aliphatic heterocycles. The Bertz CT molecular complexity index is 1330. The number of carboxylic acid groups (broad SMARTS) is 4. The number of aliphatic carboxylic acids is 4. The van der Waals surface area contributed by atoms with Crippen LogP contribution in [0.25, 0.3) is 0 Å². The Labute approximate surface area is 260 Å². The van der Waals surface area contributed by atoms with Gasteiger partial charge in [0.2, 0.25) is 0 Å². The van der Waals surface area contributed by atoms with Crippen molar-refractivity contribution in [1.29, 1.82) is 0 Å². The quantitative estimate of drug-likeness (QED) is 0.295. The monoisotopic (exact) mass is 657 g/mol. The van der Waals surface area contributed by atoms with Gasteiger partial charge in [0.15, 0.2) is 0 Å². The maximum Gasteiger partial charge on any atom is 0.416 e. The van der Waals surface area contributed by atoms with E-state index in [1.54, 1.807) is 6.07 Å². The number of carboxylic acids is 4. The molecule has 0 saturated carbocycles. The van der Waals surface area contributed by atoms with Gasteiger partial charge in [-0.15, -0.1) is 0 Å². The number of benzene rings is 2. The Kier molecular flexibility index (Phi) is 12.6. The molecule has 0 aromatic heterocycles. The van der Waals surface area contributed by atoms with Crippen LogP contribution in [0.15, 0.2) is 52.3 Å². The summed E-state index contributed by atoms with van der Waals surface area (Å²) in [6.07, 6.45) is -0.0456. The van der Waals surface area contributed by atoms with Gasteiger partial charge in [0.25, 0.3) is 0 Å². The van der Waals surface area contributed by atoms with Crippen LogP contribution in [0.5, 0.6) is 0 Å². The number of hydrogen-bond acceptors (Lipinski definition) is 9. The van der Waals surface area contributed by atoms with Crippen molar-refractivity contribution in [3.8, 4) is 0 Å². The molecule has 3 heterocycles. The Balaban J connectivity index is 0.000000392. The minimum absolute atomic E-state index is 0.238. The van der Waals surface area contributed by atoms with Crippen LogP contribution in [-0.2, 0) is 25.4 Å². The molecule has 0 radical (unpaired) electrons. The van der Waals surface area contributed by atoms with Gasteiger partial charge in [-0.1, -0.05) is 30.3 Å². The molecule has 45 heavy (non-hydrogen) atoms. The van der Waals surface area contributed by atoms with Crippen molar-refractivity contribution < 1.29 is 57.9 Å². The normalized spacial score (nSPS) is 19.3. The second-order valence-electron chi connectivity index (χ2n) is 10.4. The number of aliphatic hydroxyl groups is 1. The van der Waals surface area contributed by atoms with Crippen molar-refractivity contribution >= 4 is 47.0 Å². The van der Waals surface area contributed by atoms with Crippen molar-refractivity contribution in [3.05, 3.63) is 48.0 Å². The molecular weight excluding hydrogens is 623 g/mol. The van der Waals surface area contributed by atoms with E-state index >= 15 is 0 Å². The number of hydrogen-bond donors (Lipinski definition) is 5. The number of carbonyl (C=O) groups is 4. The SMILES string of the molecule is O=C(O)C(=O)O.O=C(O)C(=O)O.OCC1CCCC2CN(CCCN3c4ccccc4Sc4ccc(C(F)(F)F)cc43)CCN12. The fraction of sp³-hybridized carbons (Fsp3) is 0.448. The van der Waals surface area contributed by atoms with Crippen LogP contribution in [0, 0.1) is 0 Å². The molecule has 2 unspecified atom stereocenters. The highest BCUT2D eigenvalue weighted by Crippen LogP contribution is 2.49. The Hall–Kier alpha value is -3.86. The Morgan fingerprint density at radius 2 is 1.44 bits per heavy atom. The number of para-hydroxylation sites is 1. The summed E-state index contributed by atoms with van der Waals surface area (Å²) in [5.41, 5.74) is 1.03. The summed E-state index contributed by atoms with van der Waals surface area (Å²) in [6, 6.07) is 12.8. The van der Waals surface area contributed by atoms with Gasteiger partial charge < -0.3 is 35.3 Å². The van der Waals surface area contributed by atoms with Crippen LogP contribution in [-0.4, -0.2) is 111 Å². The lowest BCUT2D eigenvalue weighted by Crippen LogP contribution is -2.59. The largest absolute Gasteiger partial charge is 0.473 e. The van der Waals surface area contributed by atoms with Crippen LogP contribution in [0.4, 0.5) is 24.5 Å². The number of anilines is 2. The average molecular weight is 658 g/mol. The molecule has 2 saturated heterocycles. The van der Waals surface area contributed by atoms with Gasteiger partial charge in [0.05, 0.1) is 23.5 Å². The summed E-state index contributed by atoms with van der Waals surface area (Å²) in [4.78, 5) is 45.4. The van der Waals surface area contributed by atoms with Crippen molar-refractivity contribution in [2.24, 2.45) is 0 Å². The summed E-state index contributed by atoms with van der Waals surface area (Å²) >= 11 is 1.54. The molecule has 3 aliphatic rings. The maximum atomic E-state index is 13.4. The van der Waals surface area contributed by atoms with E-state index in [1.165, 1.54) is 36.7 Å². The second kappa shape index (κ2) is 15.9. The highest BCUT2D eigenvalue weighted by atomic mass is 32.2. The molecule has 0 bridgehead atoms. The molecule has 12 nitrogen and oxygen atoms in total. The molecule has 16 heteroatoms. The minimum Gasteiger partial charge on any atom is -0.473 e. The van der Waals surface area contributed by atoms with E-state index in [9.17, 15) is 18.3 Å². The van der Waals surface area contributed by atoms with Gasteiger partial charge in [-0.25, -0.2) is 19.2 Å². The van der Waals surface area contributed by atoms with Crippen molar-refractivity contribution in [1.82, 2.24) is 9.80 Å². The maximum absolute atomic E-state index is 13.4. The zero-order chi connectivity index (χ0) is 33.3. The molecule has 2 fully saturated rings. The lowest BCUT2D eigenvalue weighted by atomic mass is 9.93. The van der Waals surface area contributed by atoms with Gasteiger partial charge in [0.1, 0.15) is 0 Å². The number of piperazine rings is 1. The molecular formula is C29H34F3N3O9S. The molecule has 246 valence electrons. The van der Waals surface area contributed by atoms with E-state index in [1.807, 2.05) is 24.3 Å². The lowest BCUT2D eigenvalue weighted by Gasteiger charge is -2.48. The zero-order valence-electron chi connectivity index (χ0n) is 24.0. The predicted octanol–water partition coefficient (Wildman–Crippen LogP) is 3.54. The van der Waals surface area contributed by atoms with E-state index in [2.05, 4.69) is 14.7 Å². The van der Waals surface area contributed by atoms with E-state index in [-0.39, 0.29) is 6.61 Å². The Morgan fingerprint density at radius 3 is 2.04 bits per heavy atom. The van der Waals surface area contributed by atoms with E-state index < -0.39 is 35.6 Å². The highest BCUT2D eigenvalue weighted by molar-refractivity contribution is 7.99. The van der Waals surface area contributed by atoms with Crippen molar-refractivity contribution in [3.63, 3.8) is 0 Å². The summed E-state index contributed by atoms with van der Waals surface area (Å²) in [6.45, 7) is 4.81. The van der Waals surface area contributed by atoms with E-state index in [4.69, 9.17) is 39.6 Å². The standard InChI is InChI=1S/C25H30F3N3OS.2C2H2O4/c26-25(27,28)18-9-10-24-22(15-18)31(21-7-1-2-8-23(21)33-24)12-4-11-29-13-14-30-19(16-29)5-3-6-20(30)17-32;2*3-1(4)2(5)6/h1-2,7-10,15,19-20,32H,3-6,11-14,16-17H2;2*(H,3,4)(H,5,6). The van der Waals surface area contributed by atoms with Gasteiger partial charge in [0, 0.05) is 48.1 Å².